The van der Waals surface area contributed by atoms with Gasteiger partial charge in [-0.15, -0.1) is 11.3 Å². The quantitative estimate of drug-likeness (QED) is 0.916. The van der Waals surface area contributed by atoms with Crippen LogP contribution in [0.1, 0.15) is 28.8 Å². The molecular formula is C16H21N3S. The minimum atomic E-state index is 0.860. The van der Waals surface area contributed by atoms with E-state index in [1.807, 2.05) is 11.3 Å². The number of nitrogens with one attached hydrogen (secondary N) is 1. The van der Waals surface area contributed by atoms with Crippen molar-refractivity contribution >= 4 is 11.3 Å². The summed E-state index contributed by atoms with van der Waals surface area (Å²) in [5, 5.41) is 5.54. The molecule has 1 aliphatic heterocycles. The molecule has 3 rings (SSSR count). The molecule has 0 amide bonds. The lowest BCUT2D eigenvalue weighted by molar-refractivity contribution is 0.244. The number of fused-ring (bicyclic) bond motifs is 1. The maximum atomic E-state index is 4.75. The van der Waals surface area contributed by atoms with Gasteiger partial charge in [0, 0.05) is 31.1 Å². The molecule has 4 heteroatoms. The lowest BCUT2D eigenvalue weighted by Gasteiger charge is -2.26. The second-order valence-corrected chi connectivity index (χ2v) is 6.23. The highest BCUT2D eigenvalue weighted by Gasteiger charge is 2.17. The van der Waals surface area contributed by atoms with Crippen molar-refractivity contribution in [3.05, 3.63) is 51.5 Å². The molecule has 0 atom stereocenters. The molecule has 0 aromatic carbocycles. The van der Waals surface area contributed by atoms with Gasteiger partial charge in [0.2, 0.25) is 0 Å². The molecule has 2 aromatic rings. The molecule has 0 saturated heterocycles. The molecule has 20 heavy (non-hydrogen) atoms. The molecule has 0 saturated carbocycles. The van der Waals surface area contributed by atoms with Crippen molar-refractivity contribution in [3.63, 3.8) is 0 Å². The molecule has 106 valence electrons. The predicted octanol–water partition coefficient (Wildman–Crippen LogP) is 2.81. The van der Waals surface area contributed by atoms with E-state index in [4.69, 9.17) is 4.98 Å². The molecule has 0 fully saturated rings. The fourth-order valence-corrected chi connectivity index (χ4v) is 3.53. The van der Waals surface area contributed by atoms with Gasteiger partial charge in [-0.05, 0) is 42.1 Å². The Morgan fingerprint density at radius 1 is 1.30 bits per heavy atom. The van der Waals surface area contributed by atoms with Crippen LogP contribution in [-0.2, 0) is 26.1 Å². The van der Waals surface area contributed by atoms with E-state index in [0.717, 1.165) is 38.4 Å². The summed E-state index contributed by atoms with van der Waals surface area (Å²) in [6, 6.07) is 8.62. The lowest BCUT2D eigenvalue weighted by atomic mass is 10.1. The summed E-state index contributed by atoms with van der Waals surface area (Å²) in [7, 11) is 0. The number of thiophene rings is 1. The van der Waals surface area contributed by atoms with Crippen LogP contribution in [0.2, 0.25) is 0 Å². The molecule has 0 radical (unpaired) electrons. The van der Waals surface area contributed by atoms with Crippen LogP contribution in [-0.4, -0.2) is 23.0 Å². The third kappa shape index (κ3) is 3.26. The van der Waals surface area contributed by atoms with Crippen LogP contribution in [0.5, 0.6) is 0 Å². The number of pyridine rings is 1. The second-order valence-electron chi connectivity index (χ2n) is 5.23. The first-order chi connectivity index (χ1) is 9.85. The van der Waals surface area contributed by atoms with Gasteiger partial charge in [-0.2, -0.15) is 0 Å². The van der Waals surface area contributed by atoms with Gasteiger partial charge < -0.3 is 5.32 Å². The van der Waals surface area contributed by atoms with E-state index < -0.39 is 0 Å². The molecule has 0 spiro atoms. The van der Waals surface area contributed by atoms with Crippen molar-refractivity contribution < 1.29 is 0 Å². The van der Waals surface area contributed by atoms with E-state index >= 15 is 0 Å². The average molecular weight is 287 g/mol. The second kappa shape index (κ2) is 6.48. The van der Waals surface area contributed by atoms with Crippen molar-refractivity contribution in [1.82, 2.24) is 15.2 Å². The van der Waals surface area contributed by atoms with E-state index in [9.17, 15) is 0 Å². The van der Waals surface area contributed by atoms with Gasteiger partial charge >= 0.3 is 0 Å². The number of rotatable bonds is 5. The van der Waals surface area contributed by atoms with Crippen LogP contribution in [0.15, 0.2) is 29.6 Å². The molecule has 3 nitrogen and oxygen atoms in total. The molecule has 2 aromatic heterocycles. The normalized spacial score (nSPS) is 15.2. The van der Waals surface area contributed by atoms with Gasteiger partial charge in [-0.1, -0.05) is 13.0 Å². The zero-order chi connectivity index (χ0) is 13.8. The summed E-state index contributed by atoms with van der Waals surface area (Å²) in [6.45, 7) is 7.13. The number of nitrogens with zero attached hydrogens (tertiary/aromatic N) is 2. The first-order valence-electron chi connectivity index (χ1n) is 7.28. The van der Waals surface area contributed by atoms with Crippen LogP contribution in [0, 0.1) is 0 Å². The summed E-state index contributed by atoms with van der Waals surface area (Å²) in [5.41, 5.74) is 3.82. The lowest BCUT2D eigenvalue weighted by Crippen LogP contribution is -2.29. The first kappa shape index (κ1) is 13.7. The van der Waals surface area contributed by atoms with Gasteiger partial charge in [0.05, 0.1) is 11.4 Å². The topological polar surface area (TPSA) is 28.2 Å². The largest absolute Gasteiger partial charge is 0.311 e. The zero-order valence-corrected chi connectivity index (χ0v) is 12.7. The molecule has 1 N–H and O–H groups in total. The Labute approximate surface area is 124 Å². The van der Waals surface area contributed by atoms with E-state index in [0.29, 0.717) is 0 Å². The van der Waals surface area contributed by atoms with E-state index in [-0.39, 0.29) is 0 Å². The van der Waals surface area contributed by atoms with Gasteiger partial charge in [0.25, 0.3) is 0 Å². The minimum absolute atomic E-state index is 0.860. The van der Waals surface area contributed by atoms with Crippen LogP contribution < -0.4 is 5.32 Å². The highest BCUT2D eigenvalue weighted by Crippen LogP contribution is 2.24. The third-order valence-corrected chi connectivity index (χ3v) is 4.72. The zero-order valence-electron chi connectivity index (χ0n) is 11.9. The van der Waals surface area contributed by atoms with Gasteiger partial charge in [-0.25, -0.2) is 0 Å². The standard InChI is InChI=1S/C16H21N3S/c1-2-17-10-14-4-3-5-15(18-14)12-19-8-6-16-13(11-19)7-9-20-16/h3-5,7,9,17H,2,6,8,10-12H2,1H3. The summed E-state index contributed by atoms with van der Waals surface area (Å²) in [5.74, 6) is 0. The van der Waals surface area contributed by atoms with E-state index in [1.165, 1.54) is 17.7 Å². The highest BCUT2D eigenvalue weighted by molar-refractivity contribution is 7.10. The first-order valence-corrected chi connectivity index (χ1v) is 8.16. The molecule has 0 unspecified atom stereocenters. The predicted molar refractivity (Wildman–Crippen MR) is 83.8 cm³/mol. The average Bonchev–Trinajstić information content (AvgIpc) is 2.93. The number of hydrogen-bond acceptors (Lipinski definition) is 4. The summed E-state index contributed by atoms with van der Waals surface area (Å²) in [6.07, 6.45) is 1.18. The molecule has 1 aliphatic rings. The van der Waals surface area contributed by atoms with Crippen LogP contribution in [0.4, 0.5) is 0 Å². The summed E-state index contributed by atoms with van der Waals surface area (Å²) >= 11 is 1.89. The third-order valence-electron chi connectivity index (χ3n) is 3.69. The minimum Gasteiger partial charge on any atom is -0.311 e. The maximum Gasteiger partial charge on any atom is 0.0548 e. The Balaban J connectivity index is 1.63. The number of hydrogen-bond donors (Lipinski definition) is 1. The van der Waals surface area contributed by atoms with Crippen molar-refractivity contribution in [2.45, 2.75) is 33.0 Å². The Kier molecular flexibility index (Phi) is 4.45. The Morgan fingerprint density at radius 2 is 2.20 bits per heavy atom. The molecule has 0 bridgehead atoms. The van der Waals surface area contributed by atoms with Crippen LogP contribution >= 0.6 is 11.3 Å². The van der Waals surface area contributed by atoms with E-state index in [2.05, 4.69) is 46.8 Å². The van der Waals surface area contributed by atoms with Gasteiger partial charge in [0.15, 0.2) is 0 Å². The van der Waals surface area contributed by atoms with Gasteiger partial charge in [-0.3, -0.25) is 9.88 Å². The Bertz CT molecular complexity index is 564. The number of aromatic nitrogens is 1. The fraction of sp³-hybridized carbons (Fsp3) is 0.438. The van der Waals surface area contributed by atoms with Crippen molar-refractivity contribution in [1.29, 1.82) is 0 Å². The molecule has 0 aliphatic carbocycles. The monoisotopic (exact) mass is 287 g/mol. The highest BCUT2D eigenvalue weighted by atomic mass is 32.1. The van der Waals surface area contributed by atoms with Crippen LogP contribution in [0.25, 0.3) is 0 Å². The smallest absolute Gasteiger partial charge is 0.0548 e. The Morgan fingerprint density at radius 3 is 3.10 bits per heavy atom. The molecule has 3 heterocycles. The van der Waals surface area contributed by atoms with Gasteiger partial charge in [0.1, 0.15) is 0 Å². The Hall–Kier alpha value is -1.23. The maximum absolute atomic E-state index is 4.75. The fourth-order valence-electron chi connectivity index (χ4n) is 2.64. The SMILES string of the molecule is CCNCc1cccc(CN2CCc3sccc3C2)n1. The van der Waals surface area contributed by atoms with Crippen molar-refractivity contribution in [3.8, 4) is 0 Å². The van der Waals surface area contributed by atoms with E-state index in [1.54, 1.807) is 4.88 Å². The summed E-state index contributed by atoms with van der Waals surface area (Å²) < 4.78 is 0. The van der Waals surface area contributed by atoms with Crippen molar-refractivity contribution in [2.75, 3.05) is 13.1 Å². The molecular weight excluding hydrogens is 266 g/mol. The summed E-state index contributed by atoms with van der Waals surface area (Å²) in [4.78, 5) is 8.81. The van der Waals surface area contributed by atoms with Crippen molar-refractivity contribution in [2.24, 2.45) is 0 Å². The van der Waals surface area contributed by atoms with Crippen LogP contribution in [0.3, 0.4) is 0 Å².